The lowest BCUT2D eigenvalue weighted by atomic mass is 9.94. The molecule has 8 nitrogen and oxygen atoms in total. The molecule has 1 aromatic carbocycles. The highest BCUT2D eigenvalue weighted by atomic mass is 32.2. The number of hydrogen-bond acceptors (Lipinski definition) is 6. The van der Waals surface area contributed by atoms with Crippen molar-refractivity contribution in [2.24, 2.45) is 0 Å². The standard InChI is InChI=1S/C23H37N3O5S/c1-24(20-7-5-4-6-8-20)11-12-25(2)23(27)18-19-9-10-21(30-3)22(17-19)32(28,29)26-13-15-31-16-14-26/h9-10,17,20H,4-8,11-16,18H2,1-3H3. The minimum Gasteiger partial charge on any atom is -0.495 e. The highest BCUT2D eigenvalue weighted by molar-refractivity contribution is 7.89. The molecule has 0 bridgehead atoms. The zero-order valence-corrected chi connectivity index (χ0v) is 20.4. The Labute approximate surface area is 192 Å². The van der Waals surface area contributed by atoms with Crippen LogP contribution in [0.5, 0.6) is 5.75 Å². The number of benzene rings is 1. The van der Waals surface area contributed by atoms with Gasteiger partial charge in [0.15, 0.2) is 0 Å². The Morgan fingerprint density at radius 3 is 2.47 bits per heavy atom. The number of nitrogens with zero attached hydrogens (tertiary/aromatic N) is 3. The molecule has 1 aromatic rings. The first-order valence-electron chi connectivity index (χ1n) is 11.5. The van der Waals surface area contributed by atoms with Crippen molar-refractivity contribution in [3.8, 4) is 5.75 Å². The molecule has 0 aromatic heterocycles. The molecule has 0 radical (unpaired) electrons. The first-order valence-corrected chi connectivity index (χ1v) is 13.0. The maximum absolute atomic E-state index is 13.2. The Bertz CT molecular complexity index is 864. The first kappa shape index (κ1) is 25.0. The summed E-state index contributed by atoms with van der Waals surface area (Å²) in [6.07, 6.45) is 6.53. The average Bonchev–Trinajstić information content (AvgIpc) is 2.83. The van der Waals surface area contributed by atoms with E-state index in [4.69, 9.17) is 9.47 Å². The third-order valence-corrected chi connectivity index (χ3v) is 8.50. The van der Waals surface area contributed by atoms with Gasteiger partial charge in [-0.2, -0.15) is 4.31 Å². The summed E-state index contributed by atoms with van der Waals surface area (Å²) in [5.74, 6) is 0.261. The van der Waals surface area contributed by atoms with Gasteiger partial charge in [-0.15, -0.1) is 0 Å². The van der Waals surface area contributed by atoms with Crippen LogP contribution in [0.15, 0.2) is 23.1 Å². The fourth-order valence-corrected chi connectivity index (χ4v) is 6.02. The maximum atomic E-state index is 13.2. The van der Waals surface area contributed by atoms with Crippen LogP contribution in [0.2, 0.25) is 0 Å². The van der Waals surface area contributed by atoms with E-state index in [9.17, 15) is 13.2 Å². The maximum Gasteiger partial charge on any atom is 0.246 e. The van der Waals surface area contributed by atoms with E-state index in [1.54, 1.807) is 23.1 Å². The Morgan fingerprint density at radius 2 is 1.81 bits per heavy atom. The minimum atomic E-state index is -3.72. The molecule has 0 N–H and O–H groups in total. The molecule has 3 rings (SSSR count). The average molecular weight is 468 g/mol. The Balaban J connectivity index is 1.63. The molecule has 1 aliphatic heterocycles. The van der Waals surface area contributed by atoms with Crippen molar-refractivity contribution in [1.29, 1.82) is 0 Å². The fraction of sp³-hybridized carbons (Fsp3) is 0.696. The molecule has 1 saturated carbocycles. The zero-order chi connectivity index (χ0) is 23.1. The molecule has 0 spiro atoms. The van der Waals surface area contributed by atoms with E-state index in [-0.39, 0.29) is 23.0 Å². The Hall–Kier alpha value is -1.68. The number of likely N-dealkylation sites (N-methyl/N-ethyl adjacent to an activating group) is 2. The van der Waals surface area contributed by atoms with Crippen LogP contribution in [0.25, 0.3) is 0 Å². The number of ether oxygens (including phenoxy) is 2. The van der Waals surface area contributed by atoms with E-state index in [0.717, 1.165) is 6.54 Å². The van der Waals surface area contributed by atoms with Gasteiger partial charge in [0.1, 0.15) is 10.6 Å². The molecular formula is C23H37N3O5S. The number of methoxy groups -OCH3 is 1. The van der Waals surface area contributed by atoms with Crippen molar-refractivity contribution in [3.63, 3.8) is 0 Å². The molecule has 180 valence electrons. The van der Waals surface area contributed by atoms with Crippen LogP contribution in [0.1, 0.15) is 37.7 Å². The Morgan fingerprint density at radius 1 is 1.12 bits per heavy atom. The molecule has 1 saturated heterocycles. The summed E-state index contributed by atoms with van der Waals surface area (Å²) in [4.78, 5) is 17.0. The van der Waals surface area contributed by atoms with Gasteiger partial charge < -0.3 is 19.3 Å². The monoisotopic (exact) mass is 467 g/mol. The number of morpholine rings is 1. The molecule has 2 fully saturated rings. The number of hydrogen-bond donors (Lipinski definition) is 0. The third kappa shape index (κ3) is 6.21. The number of amides is 1. The van der Waals surface area contributed by atoms with Crippen LogP contribution in [-0.2, 0) is 26.0 Å². The van der Waals surface area contributed by atoms with Crippen molar-refractivity contribution in [2.45, 2.75) is 49.5 Å². The smallest absolute Gasteiger partial charge is 0.246 e. The Kier molecular flexibility index (Phi) is 8.93. The number of carbonyl (C=O) groups is 1. The first-order chi connectivity index (χ1) is 15.3. The molecule has 32 heavy (non-hydrogen) atoms. The lowest BCUT2D eigenvalue weighted by Crippen LogP contribution is -2.41. The normalized spacial score (nSPS) is 18.6. The molecule has 0 atom stereocenters. The third-order valence-electron chi connectivity index (χ3n) is 6.58. The van der Waals surface area contributed by atoms with Crippen LogP contribution in [0, 0.1) is 0 Å². The van der Waals surface area contributed by atoms with Gasteiger partial charge in [-0.1, -0.05) is 25.3 Å². The number of carbonyl (C=O) groups excluding carboxylic acids is 1. The van der Waals surface area contributed by atoms with Gasteiger partial charge in [-0.25, -0.2) is 8.42 Å². The molecule has 1 amide bonds. The van der Waals surface area contributed by atoms with E-state index < -0.39 is 10.0 Å². The second-order valence-electron chi connectivity index (χ2n) is 8.77. The molecule has 2 aliphatic rings. The van der Waals surface area contributed by atoms with Crippen LogP contribution >= 0.6 is 0 Å². The summed E-state index contributed by atoms with van der Waals surface area (Å²) in [5.41, 5.74) is 0.662. The van der Waals surface area contributed by atoms with Gasteiger partial charge >= 0.3 is 0 Å². The van der Waals surface area contributed by atoms with Gasteiger partial charge in [0.25, 0.3) is 0 Å². The quantitative estimate of drug-likeness (QED) is 0.553. The largest absolute Gasteiger partial charge is 0.495 e. The van der Waals surface area contributed by atoms with Crippen molar-refractivity contribution in [1.82, 2.24) is 14.1 Å². The van der Waals surface area contributed by atoms with Crippen LogP contribution in [0.3, 0.4) is 0 Å². The van der Waals surface area contributed by atoms with Gasteiger partial charge in [0.05, 0.1) is 26.7 Å². The van der Waals surface area contributed by atoms with E-state index in [1.807, 2.05) is 7.05 Å². The van der Waals surface area contributed by atoms with Gasteiger partial charge in [0.2, 0.25) is 15.9 Å². The molecule has 0 unspecified atom stereocenters. The summed E-state index contributed by atoms with van der Waals surface area (Å²) in [5, 5.41) is 0. The zero-order valence-electron chi connectivity index (χ0n) is 19.6. The lowest BCUT2D eigenvalue weighted by Gasteiger charge is -2.32. The number of sulfonamides is 1. The van der Waals surface area contributed by atoms with Crippen molar-refractivity contribution >= 4 is 15.9 Å². The van der Waals surface area contributed by atoms with Crippen molar-refractivity contribution in [3.05, 3.63) is 23.8 Å². The summed E-state index contributed by atoms with van der Waals surface area (Å²) in [7, 11) is 1.68. The van der Waals surface area contributed by atoms with E-state index >= 15 is 0 Å². The SMILES string of the molecule is COc1ccc(CC(=O)N(C)CCN(C)C2CCCCC2)cc1S(=O)(=O)N1CCOCC1. The molecule has 1 aliphatic carbocycles. The second-order valence-corrected chi connectivity index (χ2v) is 10.7. The fourth-order valence-electron chi connectivity index (χ4n) is 4.41. The highest BCUT2D eigenvalue weighted by Gasteiger charge is 2.30. The van der Waals surface area contributed by atoms with Gasteiger partial charge in [-0.3, -0.25) is 4.79 Å². The van der Waals surface area contributed by atoms with Gasteiger partial charge in [0, 0.05) is 39.3 Å². The van der Waals surface area contributed by atoms with Crippen LogP contribution < -0.4 is 4.74 Å². The van der Waals surface area contributed by atoms with Gasteiger partial charge in [-0.05, 0) is 37.6 Å². The predicted molar refractivity (Wildman–Crippen MR) is 123 cm³/mol. The number of rotatable bonds is 9. The van der Waals surface area contributed by atoms with Crippen molar-refractivity contribution in [2.75, 3.05) is 60.6 Å². The minimum absolute atomic E-state index is 0.0260. The summed E-state index contributed by atoms with van der Waals surface area (Å²) < 4.78 is 38.3. The second kappa shape index (κ2) is 11.4. The summed E-state index contributed by atoms with van der Waals surface area (Å²) in [6, 6.07) is 5.58. The van der Waals surface area contributed by atoms with Crippen molar-refractivity contribution < 1.29 is 22.7 Å². The predicted octanol–water partition coefficient (Wildman–Crippen LogP) is 1.98. The summed E-state index contributed by atoms with van der Waals surface area (Å²) >= 11 is 0. The topological polar surface area (TPSA) is 79.4 Å². The molecular weight excluding hydrogens is 430 g/mol. The highest BCUT2D eigenvalue weighted by Crippen LogP contribution is 2.29. The molecule has 9 heteroatoms. The lowest BCUT2D eigenvalue weighted by molar-refractivity contribution is -0.129. The van der Waals surface area contributed by atoms with Crippen LogP contribution in [-0.4, -0.2) is 95.1 Å². The van der Waals surface area contributed by atoms with E-state index in [2.05, 4.69) is 11.9 Å². The van der Waals surface area contributed by atoms with E-state index in [1.165, 1.54) is 43.5 Å². The van der Waals surface area contributed by atoms with Crippen LogP contribution in [0.4, 0.5) is 0 Å². The molecule has 1 heterocycles. The summed E-state index contributed by atoms with van der Waals surface area (Å²) in [6.45, 7) is 2.87. The van der Waals surface area contributed by atoms with E-state index in [0.29, 0.717) is 44.5 Å².